The van der Waals surface area contributed by atoms with Crippen molar-refractivity contribution in [1.29, 1.82) is 0 Å². The molecule has 0 bridgehead atoms. The summed E-state index contributed by atoms with van der Waals surface area (Å²) in [5, 5.41) is 4.29. The van der Waals surface area contributed by atoms with Crippen molar-refractivity contribution in [3.63, 3.8) is 0 Å². The van der Waals surface area contributed by atoms with Gasteiger partial charge in [-0.2, -0.15) is 5.10 Å². The Hall–Kier alpha value is -1.98. The summed E-state index contributed by atoms with van der Waals surface area (Å²) in [4.78, 5) is 11.6. The quantitative estimate of drug-likeness (QED) is 0.867. The summed E-state index contributed by atoms with van der Waals surface area (Å²) in [6, 6.07) is 12.5. The number of nitrogens with two attached hydrogens (primary N) is 1. The van der Waals surface area contributed by atoms with Gasteiger partial charge in [0.2, 0.25) is 0 Å². The Morgan fingerprint density at radius 3 is 2.68 bits per heavy atom. The smallest absolute Gasteiger partial charge is 0.266 e. The van der Waals surface area contributed by atoms with Gasteiger partial charge in [-0.15, -0.1) is 0 Å². The maximum absolute atomic E-state index is 11.6. The zero-order valence-corrected chi connectivity index (χ0v) is 10.8. The molecule has 1 unspecified atom stereocenters. The predicted octanol–water partition coefficient (Wildman–Crippen LogP) is 0.938. The Balaban J connectivity index is 2.28. The minimum atomic E-state index is -0.337. The van der Waals surface area contributed by atoms with E-state index in [4.69, 9.17) is 10.5 Å². The molecule has 2 aromatic rings. The van der Waals surface area contributed by atoms with Crippen molar-refractivity contribution in [2.24, 2.45) is 5.73 Å². The van der Waals surface area contributed by atoms with Gasteiger partial charge >= 0.3 is 0 Å². The minimum absolute atomic E-state index is 0.152. The topological polar surface area (TPSA) is 70.1 Å². The first-order valence-electron chi connectivity index (χ1n) is 6.10. The Kier molecular flexibility index (Phi) is 4.43. The second kappa shape index (κ2) is 6.26. The zero-order chi connectivity index (χ0) is 13.7. The number of hydrogen-bond acceptors (Lipinski definition) is 4. The van der Waals surface area contributed by atoms with Crippen LogP contribution < -0.4 is 11.3 Å². The van der Waals surface area contributed by atoms with Gasteiger partial charge in [-0.3, -0.25) is 4.79 Å². The molecule has 1 heterocycles. The molecule has 1 aromatic carbocycles. The van der Waals surface area contributed by atoms with E-state index in [-0.39, 0.29) is 11.6 Å². The summed E-state index contributed by atoms with van der Waals surface area (Å²) in [6.07, 6.45) is 0. The van der Waals surface area contributed by atoms with Gasteiger partial charge in [0.05, 0.1) is 24.9 Å². The molecular weight excluding hydrogens is 242 g/mol. The van der Waals surface area contributed by atoms with Crippen LogP contribution in [0.5, 0.6) is 0 Å². The van der Waals surface area contributed by atoms with E-state index in [1.807, 2.05) is 30.3 Å². The zero-order valence-electron chi connectivity index (χ0n) is 10.8. The molecule has 0 saturated carbocycles. The maximum atomic E-state index is 11.6. The number of aromatic nitrogens is 2. The molecule has 0 aliphatic heterocycles. The van der Waals surface area contributed by atoms with Crippen LogP contribution in [0.3, 0.4) is 0 Å². The lowest BCUT2D eigenvalue weighted by atomic mass is 10.0. The highest BCUT2D eigenvalue weighted by Gasteiger charge is 2.11. The summed E-state index contributed by atoms with van der Waals surface area (Å²) in [5.74, 6) is 0. The molecule has 1 atom stereocenters. The van der Waals surface area contributed by atoms with Crippen LogP contribution in [0.2, 0.25) is 0 Å². The Bertz CT molecular complexity index is 581. The lowest BCUT2D eigenvalue weighted by molar-refractivity contribution is 0.181. The van der Waals surface area contributed by atoms with Gasteiger partial charge in [0.1, 0.15) is 0 Å². The molecule has 0 radical (unpaired) electrons. The van der Waals surface area contributed by atoms with Gasteiger partial charge < -0.3 is 10.5 Å². The van der Waals surface area contributed by atoms with E-state index in [9.17, 15) is 4.79 Å². The second-order valence-corrected chi connectivity index (χ2v) is 4.20. The number of methoxy groups -OCH3 is 1. The van der Waals surface area contributed by atoms with Crippen molar-refractivity contribution in [3.05, 3.63) is 64.1 Å². The van der Waals surface area contributed by atoms with Gasteiger partial charge in [0, 0.05) is 13.2 Å². The first-order valence-corrected chi connectivity index (χ1v) is 6.10. The summed E-state index contributed by atoms with van der Waals surface area (Å²) >= 11 is 0. The van der Waals surface area contributed by atoms with E-state index in [0.29, 0.717) is 18.8 Å². The van der Waals surface area contributed by atoms with E-state index >= 15 is 0 Å². The third-order valence-electron chi connectivity index (χ3n) is 2.87. The van der Waals surface area contributed by atoms with Crippen LogP contribution in [0.15, 0.2) is 47.3 Å². The molecule has 5 heteroatoms. The minimum Gasteiger partial charge on any atom is -0.383 e. The Labute approximate surface area is 111 Å². The van der Waals surface area contributed by atoms with Crippen LogP contribution in [0, 0.1) is 0 Å². The molecule has 0 aliphatic carbocycles. The molecule has 0 saturated heterocycles. The second-order valence-electron chi connectivity index (χ2n) is 4.20. The van der Waals surface area contributed by atoms with Crippen molar-refractivity contribution in [2.75, 3.05) is 13.7 Å². The van der Waals surface area contributed by atoms with E-state index in [1.54, 1.807) is 13.2 Å². The number of benzene rings is 1. The van der Waals surface area contributed by atoms with Crippen LogP contribution in [-0.4, -0.2) is 23.5 Å². The van der Waals surface area contributed by atoms with Crippen LogP contribution in [0.25, 0.3) is 0 Å². The van der Waals surface area contributed by atoms with Crippen molar-refractivity contribution >= 4 is 0 Å². The van der Waals surface area contributed by atoms with E-state index < -0.39 is 0 Å². The Morgan fingerprint density at radius 1 is 1.26 bits per heavy atom. The SMILES string of the molecule is COCCn1nc(C(N)c2ccccc2)ccc1=O. The molecule has 0 spiro atoms. The molecule has 0 fully saturated rings. The predicted molar refractivity (Wildman–Crippen MR) is 72.8 cm³/mol. The normalized spacial score (nSPS) is 12.3. The lowest BCUT2D eigenvalue weighted by Crippen LogP contribution is -2.27. The Morgan fingerprint density at radius 2 is 2.00 bits per heavy atom. The highest BCUT2D eigenvalue weighted by atomic mass is 16.5. The third kappa shape index (κ3) is 3.27. The molecule has 2 rings (SSSR count). The van der Waals surface area contributed by atoms with Gasteiger partial charge in [-0.05, 0) is 11.6 Å². The number of rotatable bonds is 5. The number of hydrogen-bond donors (Lipinski definition) is 1. The van der Waals surface area contributed by atoms with Crippen molar-refractivity contribution in [3.8, 4) is 0 Å². The maximum Gasteiger partial charge on any atom is 0.266 e. The van der Waals surface area contributed by atoms with Crippen LogP contribution >= 0.6 is 0 Å². The summed E-state index contributed by atoms with van der Waals surface area (Å²) in [6.45, 7) is 0.863. The van der Waals surface area contributed by atoms with Crippen LogP contribution in [0.4, 0.5) is 0 Å². The highest BCUT2D eigenvalue weighted by Crippen LogP contribution is 2.15. The number of ether oxygens (including phenoxy) is 1. The molecule has 5 nitrogen and oxygen atoms in total. The van der Waals surface area contributed by atoms with Gasteiger partial charge in [0.15, 0.2) is 0 Å². The highest BCUT2D eigenvalue weighted by molar-refractivity contribution is 5.26. The van der Waals surface area contributed by atoms with Gasteiger partial charge in [-0.1, -0.05) is 30.3 Å². The first-order chi connectivity index (χ1) is 9.22. The van der Waals surface area contributed by atoms with Gasteiger partial charge in [-0.25, -0.2) is 4.68 Å². The lowest BCUT2D eigenvalue weighted by Gasteiger charge is -2.13. The molecule has 0 amide bonds. The third-order valence-corrected chi connectivity index (χ3v) is 2.87. The molecule has 100 valence electrons. The molecule has 1 aromatic heterocycles. The fourth-order valence-corrected chi connectivity index (χ4v) is 1.80. The first kappa shape index (κ1) is 13.5. The average Bonchev–Trinajstić information content (AvgIpc) is 2.46. The largest absolute Gasteiger partial charge is 0.383 e. The van der Waals surface area contributed by atoms with Crippen molar-refractivity contribution in [1.82, 2.24) is 9.78 Å². The monoisotopic (exact) mass is 259 g/mol. The standard InChI is InChI=1S/C14H17N3O2/c1-19-10-9-17-13(18)8-7-12(16-17)14(15)11-5-3-2-4-6-11/h2-8,14H,9-10,15H2,1H3. The molecule has 19 heavy (non-hydrogen) atoms. The van der Waals surface area contributed by atoms with Crippen molar-refractivity contribution < 1.29 is 4.74 Å². The van der Waals surface area contributed by atoms with Gasteiger partial charge in [0.25, 0.3) is 5.56 Å². The average molecular weight is 259 g/mol. The molecular formula is C14H17N3O2. The molecule has 0 aliphatic rings. The van der Waals surface area contributed by atoms with E-state index in [0.717, 1.165) is 5.56 Å². The van der Waals surface area contributed by atoms with Crippen LogP contribution in [0.1, 0.15) is 17.3 Å². The van der Waals surface area contributed by atoms with E-state index in [2.05, 4.69) is 5.10 Å². The summed E-state index contributed by atoms with van der Waals surface area (Å²) in [7, 11) is 1.59. The fraction of sp³-hybridized carbons (Fsp3) is 0.286. The van der Waals surface area contributed by atoms with Crippen molar-refractivity contribution in [2.45, 2.75) is 12.6 Å². The molecule has 2 N–H and O–H groups in total. The van der Waals surface area contributed by atoms with E-state index in [1.165, 1.54) is 10.7 Å². The summed E-state index contributed by atoms with van der Waals surface area (Å²) in [5.41, 5.74) is 7.64. The van der Waals surface area contributed by atoms with Crippen LogP contribution in [-0.2, 0) is 11.3 Å². The fourth-order valence-electron chi connectivity index (χ4n) is 1.80. The summed E-state index contributed by atoms with van der Waals surface area (Å²) < 4.78 is 6.33. The number of nitrogens with zero attached hydrogens (tertiary/aromatic N) is 2.